The SMILES string of the molecule is Cc1oc(-c2cccc(C(F)(F)F)c2)nc1CN1CCO[C@H](C(N)=O)C1. The molecule has 1 aliphatic rings. The van der Waals surface area contributed by atoms with Gasteiger partial charge >= 0.3 is 6.18 Å². The van der Waals surface area contributed by atoms with Crippen molar-refractivity contribution in [2.75, 3.05) is 19.7 Å². The predicted molar refractivity (Wildman–Crippen MR) is 85.9 cm³/mol. The van der Waals surface area contributed by atoms with Gasteiger partial charge in [-0.05, 0) is 25.1 Å². The van der Waals surface area contributed by atoms with Crippen LogP contribution in [-0.4, -0.2) is 41.6 Å². The number of alkyl halides is 3. The van der Waals surface area contributed by atoms with E-state index in [0.717, 1.165) is 12.1 Å². The standard InChI is InChI=1S/C17H18F3N3O3/c1-10-13(8-23-5-6-25-14(9-23)15(21)24)22-16(26-10)11-3-2-4-12(7-11)17(18,19)20/h2-4,7,14H,5-6,8-9H2,1H3,(H2,21,24)/t14-/m0/s1. The van der Waals surface area contributed by atoms with Gasteiger partial charge in [0, 0.05) is 25.2 Å². The van der Waals surface area contributed by atoms with Crippen molar-refractivity contribution < 1.29 is 27.1 Å². The van der Waals surface area contributed by atoms with Gasteiger partial charge < -0.3 is 14.9 Å². The number of carbonyl (C=O) groups is 1. The summed E-state index contributed by atoms with van der Waals surface area (Å²) in [5, 5.41) is 0. The third kappa shape index (κ3) is 4.05. The summed E-state index contributed by atoms with van der Waals surface area (Å²) >= 11 is 0. The zero-order valence-corrected chi connectivity index (χ0v) is 14.0. The van der Waals surface area contributed by atoms with E-state index < -0.39 is 23.8 Å². The number of aryl methyl sites for hydroxylation is 1. The summed E-state index contributed by atoms with van der Waals surface area (Å²) in [7, 11) is 0. The highest BCUT2D eigenvalue weighted by Crippen LogP contribution is 2.32. The zero-order chi connectivity index (χ0) is 18.9. The smallest absolute Gasteiger partial charge is 0.416 e. The maximum absolute atomic E-state index is 12.9. The number of rotatable bonds is 4. The summed E-state index contributed by atoms with van der Waals surface area (Å²) in [4.78, 5) is 17.5. The highest BCUT2D eigenvalue weighted by molar-refractivity contribution is 5.79. The number of amides is 1. The Balaban J connectivity index is 1.78. The van der Waals surface area contributed by atoms with Crippen LogP contribution in [0.1, 0.15) is 17.0 Å². The molecule has 0 saturated carbocycles. The number of benzene rings is 1. The van der Waals surface area contributed by atoms with E-state index >= 15 is 0 Å². The van der Waals surface area contributed by atoms with E-state index in [1.54, 1.807) is 6.92 Å². The van der Waals surface area contributed by atoms with E-state index in [-0.39, 0.29) is 11.5 Å². The first-order valence-corrected chi connectivity index (χ1v) is 8.01. The molecule has 0 radical (unpaired) electrons. The molecular weight excluding hydrogens is 351 g/mol. The summed E-state index contributed by atoms with van der Waals surface area (Å²) < 4.78 is 49.5. The lowest BCUT2D eigenvalue weighted by Gasteiger charge is -2.30. The molecule has 2 aromatic rings. The summed E-state index contributed by atoms with van der Waals surface area (Å²) in [6, 6.07) is 4.84. The molecule has 0 aliphatic carbocycles. The van der Waals surface area contributed by atoms with Gasteiger partial charge in [-0.25, -0.2) is 4.98 Å². The number of oxazole rings is 1. The number of nitrogens with two attached hydrogens (primary N) is 1. The third-order valence-electron chi connectivity index (χ3n) is 4.17. The fourth-order valence-corrected chi connectivity index (χ4v) is 2.76. The van der Waals surface area contributed by atoms with Crippen molar-refractivity contribution in [3.05, 3.63) is 41.3 Å². The lowest BCUT2D eigenvalue weighted by Crippen LogP contribution is -2.48. The van der Waals surface area contributed by atoms with Crippen molar-refractivity contribution >= 4 is 5.91 Å². The van der Waals surface area contributed by atoms with Crippen molar-refractivity contribution in [3.8, 4) is 11.5 Å². The van der Waals surface area contributed by atoms with E-state index in [1.165, 1.54) is 12.1 Å². The molecule has 3 rings (SSSR count). The van der Waals surface area contributed by atoms with Crippen LogP contribution < -0.4 is 5.73 Å². The van der Waals surface area contributed by atoms with Gasteiger partial charge in [0.15, 0.2) is 0 Å². The molecule has 0 bridgehead atoms. The number of morpholine rings is 1. The minimum atomic E-state index is -4.43. The molecule has 2 heterocycles. The Morgan fingerprint density at radius 2 is 2.19 bits per heavy atom. The van der Waals surface area contributed by atoms with Gasteiger partial charge in [-0.15, -0.1) is 0 Å². The van der Waals surface area contributed by atoms with Crippen molar-refractivity contribution in [1.29, 1.82) is 0 Å². The number of nitrogens with zero attached hydrogens (tertiary/aromatic N) is 2. The van der Waals surface area contributed by atoms with Gasteiger partial charge in [0.2, 0.25) is 11.8 Å². The van der Waals surface area contributed by atoms with Crippen molar-refractivity contribution in [3.63, 3.8) is 0 Å². The molecule has 1 amide bonds. The Morgan fingerprint density at radius 1 is 1.42 bits per heavy atom. The number of carbonyl (C=O) groups excluding carboxylic acids is 1. The minimum Gasteiger partial charge on any atom is -0.441 e. The van der Waals surface area contributed by atoms with Crippen LogP contribution in [0.5, 0.6) is 0 Å². The number of primary amides is 1. The maximum atomic E-state index is 12.9. The summed E-state index contributed by atoms with van der Waals surface area (Å²) in [6.07, 6.45) is -5.11. The Labute approximate surface area is 147 Å². The monoisotopic (exact) mass is 369 g/mol. The van der Waals surface area contributed by atoms with Crippen LogP contribution in [0.3, 0.4) is 0 Å². The molecule has 26 heavy (non-hydrogen) atoms. The summed E-state index contributed by atoms with van der Waals surface area (Å²) in [5.74, 6) is 0.110. The van der Waals surface area contributed by atoms with Crippen molar-refractivity contribution in [1.82, 2.24) is 9.88 Å². The van der Waals surface area contributed by atoms with Crippen LogP contribution in [0.15, 0.2) is 28.7 Å². The van der Waals surface area contributed by atoms with Gasteiger partial charge in [0.05, 0.1) is 17.9 Å². The average molecular weight is 369 g/mol. The second kappa shape index (κ2) is 7.08. The maximum Gasteiger partial charge on any atom is 0.416 e. The van der Waals surface area contributed by atoms with Crippen LogP contribution in [0.25, 0.3) is 11.5 Å². The summed E-state index contributed by atoms with van der Waals surface area (Å²) in [6.45, 7) is 3.38. The number of hydrogen-bond donors (Lipinski definition) is 1. The number of ether oxygens (including phenoxy) is 1. The molecule has 9 heteroatoms. The highest BCUT2D eigenvalue weighted by atomic mass is 19.4. The number of hydrogen-bond acceptors (Lipinski definition) is 5. The Kier molecular flexibility index (Phi) is 5.01. The van der Waals surface area contributed by atoms with Crippen LogP contribution in [0.2, 0.25) is 0 Å². The van der Waals surface area contributed by atoms with Crippen molar-refractivity contribution in [2.45, 2.75) is 25.7 Å². The fraction of sp³-hybridized carbons (Fsp3) is 0.412. The third-order valence-corrected chi connectivity index (χ3v) is 4.17. The molecule has 2 N–H and O–H groups in total. The normalized spacial score (nSPS) is 18.8. The Bertz CT molecular complexity index is 804. The molecule has 140 valence electrons. The Hall–Kier alpha value is -2.39. The lowest BCUT2D eigenvalue weighted by atomic mass is 10.1. The average Bonchev–Trinajstić information content (AvgIpc) is 2.95. The summed E-state index contributed by atoms with van der Waals surface area (Å²) in [5.41, 5.74) is 5.36. The minimum absolute atomic E-state index is 0.128. The van der Waals surface area contributed by atoms with E-state index in [9.17, 15) is 18.0 Å². The molecule has 1 fully saturated rings. The first kappa shape index (κ1) is 18.4. The Morgan fingerprint density at radius 3 is 2.88 bits per heavy atom. The molecule has 1 aromatic heterocycles. The van der Waals surface area contributed by atoms with E-state index in [4.69, 9.17) is 14.9 Å². The van der Waals surface area contributed by atoms with E-state index in [2.05, 4.69) is 4.98 Å². The van der Waals surface area contributed by atoms with Crippen LogP contribution in [0.4, 0.5) is 13.2 Å². The zero-order valence-electron chi connectivity index (χ0n) is 14.0. The fourth-order valence-electron chi connectivity index (χ4n) is 2.76. The second-order valence-corrected chi connectivity index (χ2v) is 6.10. The van der Waals surface area contributed by atoms with Crippen LogP contribution in [0, 0.1) is 6.92 Å². The molecule has 0 unspecified atom stereocenters. The predicted octanol–water partition coefficient (Wildman–Crippen LogP) is 2.35. The molecule has 1 atom stereocenters. The van der Waals surface area contributed by atoms with E-state index in [0.29, 0.717) is 37.7 Å². The quantitative estimate of drug-likeness (QED) is 0.895. The number of halogens is 3. The number of aromatic nitrogens is 1. The first-order valence-electron chi connectivity index (χ1n) is 8.01. The second-order valence-electron chi connectivity index (χ2n) is 6.10. The molecule has 0 spiro atoms. The van der Waals surface area contributed by atoms with Gasteiger partial charge in [-0.3, -0.25) is 9.69 Å². The molecule has 6 nitrogen and oxygen atoms in total. The van der Waals surface area contributed by atoms with Gasteiger partial charge in [0.1, 0.15) is 11.9 Å². The lowest BCUT2D eigenvalue weighted by molar-refractivity contribution is -0.137. The van der Waals surface area contributed by atoms with Gasteiger partial charge in [0.25, 0.3) is 0 Å². The van der Waals surface area contributed by atoms with Gasteiger partial charge in [-0.2, -0.15) is 13.2 Å². The van der Waals surface area contributed by atoms with Gasteiger partial charge in [-0.1, -0.05) is 6.07 Å². The first-order chi connectivity index (χ1) is 12.2. The molecule has 1 saturated heterocycles. The van der Waals surface area contributed by atoms with Crippen LogP contribution >= 0.6 is 0 Å². The van der Waals surface area contributed by atoms with E-state index in [1.807, 2.05) is 4.90 Å². The van der Waals surface area contributed by atoms with Crippen molar-refractivity contribution in [2.24, 2.45) is 5.73 Å². The van der Waals surface area contributed by atoms with Crippen LogP contribution in [-0.2, 0) is 22.3 Å². The largest absolute Gasteiger partial charge is 0.441 e. The molecule has 1 aliphatic heterocycles. The highest BCUT2D eigenvalue weighted by Gasteiger charge is 2.31. The molecule has 1 aromatic carbocycles. The molecular formula is C17H18F3N3O3. The topological polar surface area (TPSA) is 81.6 Å².